The van der Waals surface area contributed by atoms with Gasteiger partial charge in [-0.1, -0.05) is 6.92 Å². The molecule has 1 atom stereocenters. The molecule has 0 aliphatic rings. The van der Waals surface area contributed by atoms with Crippen LogP contribution in [0.15, 0.2) is 12.4 Å². The van der Waals surface area contributed by atoms with Crippen LogP contribution in [0.5, 0.6) is 0 Å². The van der Waals surface area contributed by atoms with Gasteiger partial charge in [-0.15, -0.1) is 0 Å². The lowest BCUT2D eigenvalue weighted by atomic mass is 10.2. The average Bonchev–Trinajstić information content (AvgIpc) is 2.60. The van der Waals surface area contributed by atoms with Crippen LogP contribution in [-0.4, -0.2) is 36.0 Å². The van der Waals surface area contributed by atoms with E-state index in [1.54, 1.807) is 6.20 Å². The van der Waals surface area contributed by atoms with Gasteiger partial charge in [0.2, 0.25) is 0 Å². The van der Waals surface area contributed by atoms with Crippen LogP contribution in [0.25, 0.3) is 0 Å². The van der Waals surface area contributed by atoms with Crippen molar-refractivity contribution in [1.29, 1.82) is 0 Å². The molecule has 16 heavy (non-hydrogen) atoms. The molecule has 1 rings (SSSR count). The summed E-state index contributed by atoms with van der Waals surface area (Å²) in [7, 11) is -1.16. The standard InChI is InChI=1S/C10H19N3O2S/c1-9(7-11)8-16(14,15)6-3-10-12-4-5-13(10)2/h4-5,9H,3,6-8,11H2,1-2H3. The summed E-state index contributed by atoms with van der Waals surface area (Å²) < 4.78 is 25.3. The van der Waals surface area contributed by atoms with Gasteiger partial charge in [0.15, 0.2) is 9.84 Å². The highest BCUT2D eigenvalue weighted by Gasteiger charge is 2.15. The predicted molar refractivity (Wildman–Crippen MR) is 63.8 cm³/mol. The third-order valence-corrected chi connectivity index (χ3v) is 4.40. The number of nitrogens with zero attached hydrogens (tertiary/aromatic N) is 2. The van der Waals surface area contributed by atoms with E-state index in [1.807, 2.05) is 24.7 Å². The van der Waals surface area contributed by atoms with E-state index >= 15 is 0 Å². The number of aryl methyl sites for hydroxylation is 2. The molecule has 0 bridgehead atoms. The first-order chi connectivity index (χ1) is 7.44. The monoisotopic (exact) mass is 245 g/mol. The average molecular weight is 245 g/mol. The van der Waals surface area contributed by atoms with Gasteiger partial charge in [0.1, 0.15) is 5.82 Å². The lowest BCUT2D eigenvalue weighted by Crippen LogP contribution is -2.24. The maximum atomic E-state index is 11.7. The SMILES string of the molecule is CC(CN)CS(=O)(=O)CCc1nccn1C. The summed E-state index contributed by atoms with van der Waals surface area (Å²) in [5.74, 6) is 1.12. The Morgan fingerprint density at radius 3 is 2.75 bits per heavy atom. The second-order valence-corrected chi connectivity index (χ2v) is 6.39. The summed E-state index contributed by atoms with van der Waals surface area (Å²) in [4.78, 5) is 4.09. The van der Waals surface area contributed by atoms with Crippen molar-refractivity contribution in [2.45, 2.75) is 13.3 Å². The molecule has 1 heterocycles. The van der Waals surface area contributed by atoms with Gasteiger partial charge in [0, 0.05) is 25.9 Å². The Kier molecular flexibility index (Phi) is 4.49. The molecule has 0 aliphatic carbocycles. The quantitative estimate of drug-likeness (QED) is 0.763. The molecule has 1 aromatic rings. The Morgan fingerprint density at radius 1 is 1.56 bits per heavy atom. The van der Waals surface area contributed by atoms with Crippen molar-refractivity contribution in [2.24, 2.45) is 18.7 Å². The molecular formula is C10H19N3O2S. The zero-order valence-corrected chi connectivity index (χ0v) is 10.6. The van der Waals surface area contributed by atoms with E-state index in [-0.39, 0.29) is 17.4 Å². The molecule has 0 saturated heterocycles. The van der Waals surface area contributed by atoms with Crippen molar-refractivity contribution in [2.75, 3.05) is 18.1 Å². The minimum atomic E-state index is -3.02. The van der Waals surface area contributed by atoms with E-state index < -0.39 is 9.84 Å². The number of hydrogen-bond acceptors (Lipinski definition) is 4. The second-order valence-electron chi connectivity index (χ2n) is 4.16. The predicted octanol–water partition coefficient (Wildman–Crippen LogP) is -0.0278. The van der Waals surface area contributed by atoms with Gasteiger partial charge in [-0.25, -0.2) is 13.4 Å². The van der Waals surface area contributed by atoms with Gasteiger partial charge in [0.25, 0.3) is 0 Å². The molecule has 0 aromatic carbocycles. The van der Waals surface area contributed by atoms with Crippen LogP contribution in [0.1, 0.15) is 12.7 Å². The smallest absolute Gasteiger partial charge is 0.151 e. The summed E-state index contributed by atoms with van der Waals surface area (Å²) in [5.41, 5.74) is 5.41. The van der Waals surface area contributed by atoms with Gasteiger partial charge >= 0.3 is 0 Å². The fraction of sp³-hybridized carbons (Fsp3) is 0.700. The Labute approximate surface area is 96.6 Å². The van der Waals surface area contributed by atoms with Crippen LogP contribution in [0.4, 0.5) is 0 Å². The molecule has 5 nitrogen and oxygen atoms in total. The molecule has 1 unspecified atom stereocenters. The fourth-order valence-electron chi connectivity index (χ4n) is 1.47. The molecule has 0 saturated carbocycles. The third kappa shape index (κ3) is 3.94. The summed E-state index contributed by atoms with van der Waals surface area (Å²) in [6, 6.07) is 0. The second kappa shape index (κ2) is 5.45. The van der Waals surface area contributed by atoms with Crippen molar-refractivity contribution < 1.29 is 8.42 Å². The number of rotatable bonds is 6. The molecule has 0 fully saturated rings. The van der Waals surface area contributed by atoms with Gasteiger partial charge in [-0.05, 0) is 12.5 Å². The number of sulfone groups is 1. The first-order valence-electron chi connectivity index (χ1n) is 5.31. The fourth-order valence-corrected chi connectivity index (χ4v) is 3.13. The van der Waals surface area contributed by atoms with Crippen LogP contribution in [0, 0.1) is 5.92 Å². The lowest BCUT2D eigenvalue weighted by Gasteiger charge is -2.09. The number of aromatic nitrogens is 2. The van der Waals surface area contributed by atoms with Crippen LogP contribution in [0.2, 0.25) is 0 Å². The van der Waals surface area contributed by atoms with E-state index in [1.165, 1.54) is 0 Å². The first kappa shape index (κ1) is 13.2. The molecule has 0 radical (unpaired) electrons. The highest BCUT2D eigenvalue weighted by Crippen LogP contribution is 2.04. The van der Waals surface area contributed by atoms with Crippen LogP contribution < -0.4 is 5.73 Å². The number of imidazole rings is 1. The van der Waals surface area contributed by atoms with Gasteiger partial charge in [0.05, 0.1) is 11.5 Å². The molecular weight excluding hydrogens is 226 g/mol. The van der Waals surface area contributed by atoms with Crippen LogP contribution >= 0.6 is 0 Å². The largest absolute Gasteiger partial charge is 0.338 e. The van der Waals surface area contributed by atoms with Gasteiger partial charge < -0.3 is 10.3 Å². The topological polar surface area (TPSA) is 78.0 Å². The Bertz CT molecular complexity index is 425. The summed E-state index contributed by atoms with van der Waals surface area (Å²) in [6.07, 6.45) is 3.94. The van der Waals surface area contributed by atoms with Gasteiger partial charge in [-0.3, -0.25) is 0 Å². The zero-order valence-electron chi connectivity index (χ0n) is 9.76. The maximum Gasteiger partial charge on any atom is 0.151 e. The Balaban J connectivity index is 2.52. The lowest BCUT2D eigenvalue weighted by molar-refractivity contribution is 0.572. The summed E-state index contributed by atoms with van der Waals surface area (Å²) in [5, 5.41) is 0. The molecule has 0 aliphatic heterocycles. The Hall–Kier alpha value is -0.880. The third-order valence-electron chi connectivity index (χ3n) is 2.50. The molecule has 0 amide bonds. The first-order valence-corrected chi connectivity index (χ1v) is 7.13. The van der Waals surface area contributed by atoms with Crippen molar-refractivity contribution in [3.63, 3.8) is 0 Å². The minimum Gasteiger partial charge on any atom is -0.338 e. The van der Waals surface area contributed by atoms with Crippen molar-refractivity contribution >= 4 is 9.84 Å². The van der Waals surface area contributed by atoms with Crippen molar-refractivity contribution in [3.8, 4) is 0 Å². The maximum absolute atomic E-state index is 11.7. The van der Waals surface area contributed by atoms with Crippen molar-refractivity contribution in [3.05, 3.63) is 18.2 Å². The number of hydrogen-bond donors (Lipinski definition) is 1. The van der Waals surface area contributed by atoms with Crippen LogP contribution in [0.3, 0.4) is 0 Å². The molecule has 6 heteroatoms. The Morgan fingerprint density at radius 2 is 2.25 bits per heavy atom. The van der Waals surface area contributed by atoms with Crippen molar-refractivity contribution in [1.82, 2.24) is 9.55 Å². The summed E-state index contributed by atoms with van der Waals surface area (Å²) >= 11 is 0. The minimum absolute atomic E-state index is 0.0198. The highest BCUT2D eigenvalue weighted by molar-refractivity contribution is 7.91. The molecule has 0 spiro atoms. The van der Waals surface area contributed by atoms with E-state index in [2.05, 4.69) is 4.98 Å². The number of nitrogens with two attached hydrogens (primary N) is 1. The van der Waals surface area contributed by atoms with E-state index in [0.717, 1.165) is 5.82 Å². The zero-order chi connectivity index (χ0) is 12.2. The van der Waals surface area contributed by atoms with E-state index in [4.69, 9.17) is 5.73 Å². The summed E-state index contributed by atoms with van der Waals surface area (Å²) in [6.45, 7) is 2.25. The molecule has 2 N–H and O–H groups in total. The normalized spacial score (nSPS) is 13.9. The van der Waals surface area contributed by atoms with Crippen LogP contribution in [-0.2, 0) is 23.3 Å². The molecule has 1 aromatic heterocycles. The van der Waals surface area contributed by atoms with E-state index in [9.17, 15) is 8.42 Å². The van der Waals surface area contributed by atoms with Gasteiger partial charge in [-0.2, -0.15) is 0 Å². The highest BCUT2D eigenvalue weighted by atomic mass is 32.2. The molecule has 92 valence electrons. The van der Waals surface area contributed by atoms with E-state index in [0.29, 0.717) is 13.0 Å².